The first-order valence-electron chi connectivity index (χ1n) is 6.51. The van der Waals surface area contributed by atoms with Crippen molar-refractivity contribution in [3.63, 3.8) is 0 Å². The van der Waals surface area contributed by atoms with Gasteiger partial charge in [0, 0.05) is 11.7 Å². The van der Waals surface area contributed by atoms with Crippen molar-refractivity contribution in [3.8, 4) is 5.75 Å². The number of carbonyl (C=O) groups excluding carboxylic acids is 2. The number of primary amides is 1. The van der Waals surface area contributed by atoms with Gasteiger partial charge in [-0.25, -0.2) is 0 Å². The van der Waals surface area contributed by atoms with Gasteiger partial charge in [-0.3, -0.25) is 9.59 Å². The third-order valence-electron chi connectivity index (χ3n) is 2.94. The lowest BCUT2D eigenvalue weighted by atomic mass is 10.1. The summed E-state index contributed by atoms with van der Waals surface area (Å²) >= 11 is 0. The molecule has 2 amide bonds. The lowest BCUT2D eigenvalue weighted by molar-refractivity contribution is -0.127. The predicted octanol–water partition coefficient (Wildman–Crippen LogP) is 1.05. The maximum atomic E-state index is 11.9. The Hall–Kier alpha value is -2.24. The fourth-order valence-corrected chi connectivity index (χ4v) is 1.55. The quantitative estimate of drug-likeness (QED) is 0.676. The molecule has 0 saturated carbocycles. The number of ether oxygens (including phenoxy) is 1. The van der Waals surface area contributed by atoms with Crippen LogP contribution in [-0.2, 0) is 4.79 Å². The highest BCUT2D eigenvalue weighted by molar-refractivity contribution is 5.96. The predicted molar refractivity (Wildman–Crippen MR) is 77.4 cm³/mol. The van der Waals surface area contributed by atoms with Crippen LogP contribution in [0.3, 0.4) is 0 Å². The molecule has 0 saturated heterocycles. The molecule has 0 aliphatic carbocycles. The lowest BCUT2D eigenvalue weighted by Crippen LogP contribution is -2.41. The number of nitrogen functional groups attached to an aromatic ring is 1. The van der Waals surface area contributed by atoms with E-state index in [1.54, 1.807) is 13.0 Å². The Kier molecular flexibility index (Phi) is 5.37. The molecule has 0 radical (unpaired) electrons. The van der Waals surface area contributed by atoms with E-state index < -0.39 is 12.0 Å². The minimum absolute atomic E-state index is 0.0654. The third kappa shape index (κ3) is 4.15. The largest absolute Gasteiger partial charge is 0.480 e. The number of benzene rings is 1. The molecule has 0 heterocycles. The van der Waals surface area contributed by atoms with E-state index >= 15 is 0 Å². The molecule has 6 nitrogen and oxygen atoms in total. The van der Waals surface area contributed by atoms with Crippen molar-refractivity contribution in [3.05, 3.63) is 23.8 Å². The highest BCUT2D eigenvalue weighted by Gasteiger charge is 2.19. The molecule has 5 N–H and O–H groups in total. The molecule has 1 aromatic carbocycles. The molecule has 0 spiro atoms. The van der Waals surface area contributed by atoms with Crippen LogP contribution in [0, 0.1) is 0 Å². The molecule has 1 rings (SSSR count). The molecule has 1 aromatic rings. The summed E-state index contributed by atoms with van der Waals surface area (Å²) in [5.74, 6) is -0.646. The van der Waals surface area contributed by atoms with Crippen LogP contribution in [0.2, 0.25) is 0 Å². The van der Waals surface area contributed by atoms with Gasteiger partial charge in [0.1, 0.15) is 5.75 Å². The van der Waals surface area contributed by atoms with Crippen LogP contribution in [0.5, 0.6) is 5.75 Å². The van der Waals surface area contributed by atoms with E-state index in [1.165, 1.54) is 12.1 Å². The van der Waals surface area contributed by atoms with E-state index in [9.17, 15) is 9.59 Å². The summed E-state index contributed by atoms with van der Waals surface area (Å²) in [4.78, 5) is 23.2. The van der Waals surface area contributed by atoms with Gasteiger partial charge < -0.3 is 21.5 Å². The summed E-state index contributed by atoms with van der Waals surface area (Å²) < 4.78 is 5.50. The van der Waals surface area contributed by atoms with Crippen molar-refractivity contribution < 1.29 is 14.3 Å². The summed E-state index contributed by atoms with van der Waals surface area (Å²) in [6.45, 7) is 5.49. The minimum atomic E-state index is -0.731. The zero-order valence-electron chi connectivity index (χ0n) is 12.0. The fourth-order valence-electron chi connectivity index (χ4n) is 1.55. The number of nitrogens with two attached hydrogens (primary N) is 2. The molecule has 0 bridgehead atoms. The summed E-state index contributed by atoms with van der Waals surface area (Å²) in [7, 11) is 0. The lowest BCUT2D eigenvalue weighted by Gasteiger charge is -2.19. The molecule has 20 heavy (non-hydrogen) atoms. The Bertz CT molecular complexity index is 502. The fraction of sp³-hybridized carbons (Fsp3) is 0.429. The highest BCUT2D eigenvalue weighted by Crippen LogP contribution is 2.22. The van der Waals surface area contributed by atoms with Crippen molar-refractivity contribution in [2.24, 2.45) is 5.73 Å². The van der Waals surface area contributed by atoms with Gasteiger partial charge in [-0.2, -0.15) is 0 Å². The van der Waals surface area contributed by atoms with Crippen LogP contribution in [0.1, 0.15) is 37.6 Å². The number of hydrogen-bond donors (Lipinski definition) is 3. The van der Waals surface area contributed by atoms with E-state index in [2.05, 4.69) is 5.32 Å². The van der Waals surface area contributed by atoms with E-state index in [0.717, 1.165) is 6.42 Å². The van der Waals surface area contributed by atoms with Crippen LogP contribution in [-0.4, -0.2) is 24.0 Å². The van der Waals surface area contributed by atoms with Gasteiger partial charge in [-0.15, -0.1) is 0 Å². The van der Waals surface area contributed by atoms with Gasteiger partial charge in [-0.05, 0) is 38.5 Å². The van der Waals surface area contributed by atoms with Crippen molar-refractivity contribution >= 4 is 17.5 Å². The number of amides is 2. The molecular formula is C14H21N3O3. The average Bonchev–Trinajstić information content (AvgIpc) is 2.40. The van der Waals surface area contributed by atoms with E-state index in [0.29, 0.717) is 5.69 Å². The highest BCUT2D eigenvalue weighted by atomic mass is 16.5. The molecule has 0 aromatic heterocycles. The van der Waals surface area contributed by atoms with Gasteiger partial charge in [0.15, 0.2) is 6.10 Å². The second-order valence-electron chi connectivity index (χ2n) is 4.70. The first kappa shape index (κ1) is 15.8. The summed E-state index contributed by atoms with van der Waals surface area (Å²) in [6, 6.07) is 4.61. The molecule has 0 aliphatic heterocycles. The van der Waals surface area contributed by atoms with Crippen molar-refractivity contribution in [2.45, 2.75) is 39.3 Å². The summed E-state index contributed by atoms with van der Waals surface area (Å²) in [5, 5.41) is 2.80. The standard InChI is InChI=1S/C14H21N3O3/c1-4-8(2)17-14(19)9(3)20-12-6-5-10(15)7-11(12)13(16)18/h5-9H,4,15H2,1-3H3,(H2,16,18)(H,17,19). The van der Waals surface area contributed by atoms with Crippen LogP contribution >= 0.6 is 0 Å². The smallest absolute Gasteiger partial charge is 0.260 e. The first-order chi connectivity index (χ1) is 9.35. The van der Waals surface area contributed by atoms with E-state index in [4.69, 9.17) is 16.2 Å². The Morgan fingerprint density at radius 1 is 1.35 bits per heavy atom. The zero-order valence-corrected chi connectivity index (χ0v) is 12.0. The van der Waals surface area contributed by atoms with Gasteiger partial charge in [0.05, 0.1) is 5.56 Å². The Morgan fingerprint density at radius 3 is 2.55 bits per heavy atom. The van der Waals surface area contributed by atoms with Crippen LogP contribution in [0.4, 0.5) is 5.69 Å². The Balaban J connectivity index is 2.82. The van der Waals surface area contributed by atoms with Gasteiger partial charge in [0.25, 0.3) is 11.8 Å². The molecule has 6 heteroatoms. The van der Waals surface area contributed by atoms with Gasteiger partial charge >= 0.3 is 0 Å². The number of anilines is 1. The van der Waals surface area contributed by atoms with Crippen LogP contribution < -0.4 is 21.5 Å². The zero-order chi connectivity index (χ0) is 15.3. The summed E-state index contributed by atoms with van der Waals surface area (Å²) in [5.41, 5.74) is 11.4. The molecule has 110 valence electrons. The number of carbonyl (C=O) groups is 2. The maximum absolute atomic E-state index is 11.9. The molecule has 0 fully saturated rings. The Labute approximate surface area is 118 Å². The van der Waals surface area contributed by atoms with Crippen molar-refractivity contribution in [1.82, 2.24) is 5.32 Å². The first-order valence-corrected chi connectivity index (χ1v) is 6.51. The molecular weight excluding hydrogens is 258 g/mol. The van der Waals surface area contributed by atoms with Gasteiger partial charge in [0.2, 0.25) is 0 Å². The SMILES string of the molecule is CCC(C)NC(=O)C(C)Oc1ccc(N)cc1C(N)=O. The maximum Gasteiger partial charge on any atom is 0.260 e. The molecule has 0 aliphatic rings. The third-order valence-corrected chi connectivity index (χ3v) is 2.94. The molecule has 2 atom stereocenters. The number of nitrogens with one attached hydrogen (secondary N) is 1. The van der Waals surface area contributed by atoms with Crippen molar-refractivity contribution in [2.75, 3.05) is 5.73 Å². The molecule has 2 unspecified atom stereocenters. The normalized spacial score (nSPS) is 13.3. The topological polar surface area (TPSA) is 107 Å². The Morgan fingerprint density at radius 2 is 2.00 bits per heavy atom. The average molecular weight is 279 g/mol. The second kappa shape index (κ2) is 6.79. The van der Waals surface area contributed by atoms with Crippen LogP contribution in [0.25, 0.3) is 0 Å². The van der Waals surface area contributed by atoms with Gasteiger partial charge in [-0.1, -0.05) is 6.92 Å². The van der Waals surface area contributed by atoms with Crippen molar-refractivity contribution in [1.29, 1.82) is 0 Å². The van der Waals surface area contributed by atoms with E-state index in [1.807, 2.05) is 13.8 Å². The number of rotatable bonds is 6. The second-order valence-corrected chi connectivity index (χ2v) is 4.70. The monoisotopic (exact) mass is 279 g/mol. The number of hydrogen-bond acceptors (Lipinski definition) is 4. The van der Waals surface area contributed by atoms with Crippen LogP contribution in [0.15, 0.2) is 18.2 Å². The van der Waals surface area contributed by atoms with E-state index in [-0.39, 0.29) is 23.3 Å². The minimum Gasteiger partial charge on any atom is -0.480 e. The summed E-state index contributed by atoms with van der Waals surface area (Å²) in [6.07, 6.45) is 0.0954.